The largest absolute Gasteiger partial charge is 0.349 e. The van der Waals surface area contributed by atoms with Crippen molar-refractivity contribution in [2.45, 2.75) is 12.5 Å². The Morgan fingerprint density at radius 2 is 2.21 bits per heavy atom. The van der Waals surface area contributed by atoms with E-state index in [4.69, 9.17) is 0 Å². The fraction of sp³-hybridized carbons (Fsp3) is 0.308. The van der Waals surface area contributed by atoms with Crippen LogP contribution in [0, 0.1) is 5.82 Å². The normalized spacial score (nSPS) is 21.6. The topological polar surface area (TPSA) is 63.2 Å². The number of benzene rings is 1. The molecule has 6 heteroatoms. The molecule has 102 valence electrons. The van der Waals surface area contributed by atoms with Crippen LogP contribution in [0.1, 0.15) is 12.0 Å². The first-order chi connectivity index (χ1) is 8.94. The standard InChI is InChI=1S/C13H14FNO3S/c14-11-3-1-2-10(8-11)4-5-13(16)15-12-6-7-19(17,18)9-12/h1-5,8,12H,6-7,9H2,(H,15,16)/b5-4+/t12-/m0/s1. The molecule has 1 saturated heterocycles. The molecule has 0 aromatic heterocycles. The number of hydrogen-bond donors (Lipinski definition) is 1. The zero-order chi connectivity index (χ0) is 13.9. The summed E-state index contributed by atoms with van der Waals surface area (Å²) in [6.07, 6.45) is 3.21. The average molecular weight is 283 g/mol. The molecule has 2 rings (SSSR count). The Morgan fingerprint density at radius 3 is 2.84 bits per heavy atom. The molecule has 0 spiro atoms. The molecule has 1 aliphatic rings. The fourth-order valence-corrected chi connectivity index (χ4v) is 3.61. The molecule has 1 amide bonds. The van der Waals surface area contributed by atoms with E-state index >= 15 is 0 Å². The van der Waals surface area contributed by atoms with Gasteiger partial charge in [-0.2, -0.15) is 0 Å². The first kappa shape index (κ1) is 13.7. The van der Waals surface area contributed by atoms with Crippen molar-refractivity contribution in [3.05, 3.63) is 41.7 Å². The molecular formula is C13H14FNO3S. The second-order valence-corrected chi connectivity index (χ2v) is 6.73. The minimum absolute atomic E-state index is 0.00740. The molecule has 0 aliphatic carbocycles. The van der Waals surface area contributed by atoms with Gasteiger partial charge < -0.3 is 5.32 Å². The molecule has 0 radical (unpaired) electrons. The molecule has 1 aliphatic heterocycles. The minimum atomic E-state index is -3.00. The lowest BCUT2D eigenvalue weighted by Crippen LogP contribution is -2.34. The van der Waals surface area contributed by atoms with E-state index in [1.807, 2.05) is 0 Å². The molecule has 4 nitrogen and oxygen atoms in total. The number of amides is 1. The van der Waals surface area contributed by atoms with Crippen molar-refractivity contribution in [1.29, 1.82) is 0 Å². The van der Waals surface area contributed by atoms with Gasteiger partial charge in [-0.15, -0.1) is 0 Å². The summed E-state index contributed by atoms with van der Waals surface area (Å²) in [5.41, 5.74) is 0.578. The number of halogens is 1. The third kappa shape index (κ3) is 4.17. The van der Waals surface area contributed by atoms with Crippen LogP contribution in [-0.4, -0.2) is 31.9 Å². The van der Waals surface area contributed by atoms with Crippen LogP contribution in [0.3, 0.4) is 0 Å². The summed E-state index contributed by atoms with van der Waals surface area (Å²) >= 11 is 0. The Bertz CT molecular complexity index is 610. The second-order valence-electron chi connectivity index (χ2n) is 4.50. The SMILES string of the molecule is O=C(/C=C/c1cccc(F)c1)N[C@H]1CCS(=O)(=O)C1. The van der Waals surface area contributed by atoms with Crippen LogP contribution < -0.4 is 5.32 Å². The van der Waals surface area contributed by atoms with Gasteiger partial charge in [0.25, 0.3) is 0 Å². The zero-order valence-electron chi connectivity index (χ0n) is 10.2. The molecule has 0 unspecified atom stereocenters. The van der Waals surface area contributed by atoms with Gasteiger partial charge in [0.2, 0.25) is 5.91 Å². The molecule has 0 bridgehead atoms. The van der Waals surface area contributed by atoms with Gasteiger partial charge in [0.05, 0.1) is 11.5 Å². The Balaban J connectivity index is 1.91. The van der Waals surface area contributed by atoms with Crippen molar-refractivity contribution in [3.63, 3.8) is 0 Å². The van der Waals surface area contributed by atoms with Crippen molar-refractivity contribution in [3.8, 4) is 0 Å². The van der Waals surface area contributed by atoms with E-state index in [0.29, 0.717) is 12.0 Å². The first-order valence-electron chi connectivity index (χ1n) is 5.89. The number of hydrogen-bond acceptors (Lipinski definition) is 3. The van der Waals surface area contributed by atoms with E-state index in [1.165, 1.54) is 24.3 Å². The maximum Gasteiger partial charge on any atom is 0.244 e. The van der Waals surface area contributed by atoms with E-state index in [0.717, 1.165) is 0 Å². The van der Waals surface area contributed by atoms with Gasteiger partial charge in [0.15, 0.2) is 9.84 Å². The summed E-state index contributed by atoms with van der Waals surface area (Å²) in [6.45, 7) is 0. The molecular weight excluding hydrogens is 269 g/mol. The van der Waals surface area contributed by atoms with Gasteiger partial charge in [-0.3, -0.25) is 4.79 Å². The predicted octanol–water partition coefficient (Wildman–Crippen LogP) is 1.14. The molecule has 19 heavy (non-hydrogen) atoms. The van der Waals surface area contributed by atoms with E-state index < -0.39 is 9.84 Å². The molecule has 1 fully saturated rings. The highest BCUT2D eigenvalue weighted by Crippen LogP contribution is 2.11. The Morgan fingerprint density at radius 1 is 1.42 bits per heavy atom. The highest BCUT2D eigenvalue weighted by atomic mass is 32.2. The average Bonchev–Trinajstić information content (AvgIpc) is 2.66. The predicted molar refractivity (Wildman–Crippen MR) is 70.6 cm³/mol. The molecule has 1 aromatic carbocycles. The summed E-state index contributed by atoms with van der Waals surface area (Å²) in [5, 5.41) is 2.62. The molecule has 1 heterocycles. The maximum absolute atomic E-state index is 12.9. The fourth-order valence-electron chi connectivity index (χ4n) is 1.94. The molecule has 1 N–H and O–H groups in total. The Hall–Kier alpha value is -1.69. The summed E-state index contributed by atoms with van der Waals surface area (Å²) in [5.74, 6) is -0.631. The minimum Gasteiger partial charge on any atom is -0.349 e. The van der Waals surface area contributed by atoms with Crippen LogP contribution in [0.15, 0.2) is 30.3 Å². The smallest absolute Gasteiger partial charge is 0.244 e. The van der Waals surface area contributed by atoms with Crippen LogP contribution >= 0.6 is 0 Å². The number of sulfone groups is 1. The van der Waals surface area contributed by atoms with E-state index in [2.05, 4.69) is 5.32 Å². The number of nitrogens with one attached hydrogen (secondary N) is 1. The van der Waals surface area contributed by atoms with Gasteiger partial charge in [0, 0.05) is 12.1 Å². The molecule has 0 saturated carbocycles. The van der Waals surface area contributed by atoms with Crippen molar-refractivity contribution in [2.24, 2.45) is 0 Å². The van der Waals surface area contributed by atoms with E-state index in [9.17, 15) is 17.6 Å². The highest BCUT2D eigenvalue weighted by Gasteiger charge is 2.28. The molecule has 1 aromatic rings. The van der Waals surface area contributed by atoms with Gasteiger partial charge in [-0.1, -0.05) is 12.1 Å². The van der Waals surface area contributed by atoms with E-state index in [-0.39, 0.29) is 29.3 Å². The number of carbonyl (C=O) groups excluding carboxylic acids is 1. The Labute approximate surface area is 111 Å². The van der Waals surface area contributed by atoms with Gasteiger partial charge in [-0.25, -0.2) is 12.8 Å². The quantitative estimate of drug-likeness (QED) is 0.846. The monoisotopic (exact) mass is 283 g/mol. The third-order valence-corrected chi connectivity index (χ3v) is 4.62. The third-order valence-electron chi connectivity index (χ3n) is 2.85. The lowest BCUT2D eigenvalue weighted by molar-refractivity contribution is -0.116. The first-order valence-corrected chi connectivity index (χ1v) is 7.71. The van der Waals surface area contributed by atoms with Crippen LogP contribution in [0.2, 0.25) is 0 Å². The Kier molecular flexibility index (Phi) is 3.99. The molecule has 1 atom stereocenters. The van der Waals surface area contributed by atoms with E-state index in [1.54, 1.807) is 12.1 Å². The summed E-state index contributed by atoms with van der Waals surface area (Å²) in [7, 11) is -3.00. The summed E-state index contributed by atoms with van der Waals surface area (Å²) in [4.78, 5) is 11.6. The zero-order valence-corrected chi connectivity index (χ0v) is 11.0. The van der Waals surface area contributed by atoms with Crippen molar-refractivity contribution < 1.29 is 17.6 Å². The van der Waals surface area contributed by atoms with Crippen molar-refractivity contribution >= 4 is 21.8 Å². The van der Waals surface area contributed by atoms with Gasteiger partial charge >= 0.3 is 0 Å². The van der Waals surface area contributed by atoms with Crippen LogP contribution in [0.4, 0.5) is 4.39 Å². The van der Waals surface area contributed by atoms with Crippen LogP contribution in [-0.2, 0) is 14.6 Å². The van der Waals surface area contributed by atoms with Gasteiger partial charge in [-0.05, 0) is 30.2 Å². The maximum atomic E-state index is 12.9. The number of rotatable bonds is 3. The van der Waals surface area contributed by atoms with Crippen LogP contribution in [0.25, 0.3) is 6.08 Å². The van der Waals surface area contributed by atoms with Crippen LogP contribution in [0.5, 0.6) is 0 Å². The lowest BCUT2D eigenvalue weighted by Gasteiger charge is -2.07. The highest BCUT2D eigenvalue weighted by molar-refractivity contribution is 7.91. The van der Waals surface area contributed by atoms with Crippen molar-refractivity contribution in [1.82, 2.24) is 5.32 Å². The second kappa shape index (κ2) is 5.52. The lowest BCUT2D eigenvalue weighted by atomic mass is 10.2. The summed E-state index contributed by atoms with van der Waals surface area (Å²) < 4.78 is 35.4. The summed E-state index contributed by atoms with van der Waals surface area (Å²) in [6, 6.07) is 5.53. The number of carbonyl (C=O) groups is 1. The van der Waals surface area contributed by atoms with Gasteiger partial charge in [0.1, 0.15) is 5.82 Å². The van der Waals surface area contributed by atoms with Crippen molar-refractivity contribution in [2.75, 3.05) is 11.5 Å².